The van der Waals surface area contributed by atoms with Crippen molar-refractivity contribution in [2.24, 2.45) is 5.73 Å². The normalized spacial score (nSPS) is 17.1. The molecule has 1 amide bonds. The molecule has 172 valence electrons. The lowest BCUT2D eigenvalue weighted by molar-refractivity contribution is 0.1000. The summed E-state index contributed by atoms with van der Waals surface area (Å²) in [7, 11) is 2.14. The zero-order valence-electron chi connectivity index (χ0n) is 18.3. The number of nitrogens with two attached hydrogens (primary N) is 1. The standard InChI is InChI=1S/C22H30N6O3S/c1-25-9-11-26(12-10-25)7-2-3-8-27-20(29)15-28(22(27)31)24-18-6-13-32-19-5-4-16(21(23)30)14-17(18)19/h4-6,14-15,24,29H,2-3,7-13H2,1H3,(H2,23,30). The number of rotatable bonds is 8. The second kappa shape index (κ2) is 9.85. The number of imidazole rings is 1. The van der Waals surface area contributed by atoms with Gasteiger partial charge in [0.1, 0.15) is 0 Å². The van der Waals surface area contributed by atoms with Crippen molar-refractivity contribution in [2.45, 2.75) is 24.3 Å². The smallest absolute Gasteiger partial charge is 0.349 e. The molecule has 3 heterocycles. The van der Waals surface area contributed by atoms with Gasteiger partial charge in [-0.1, -0.05) is 0 Å². The number of benzene rings is 1. The number of hydrogen-bond acceptors (Lipinski definition) is 7. The van der Waals surface area contributed by atoms with E-state index >= 15 is 0 Å². The van der Waals surface area contributed by atoms with E-state index in [9.17, 15) is 14.7 Å². The number of likely N-dealkylation sites (N-methyl/N-ethyl adjacent to an activating group) is 1. The largest absolute Gasteiger partial charge is 0.493 e. The predicted molar refractivity (Wildman–Crippen MR) is 127 cm³/mol. The van der Waals surface area contributed by atoms with Gasteiger partial charge in [-0.15, -0.1) is 11.8 Å². The molecule has 2 aromatic rings. The zero-order chi connectivity index (χ0) is 22.7. The van der Waals surface area contributed by atoms with E-state index in [4.69, 9.17) is 5.73 Å². The number of aromatic nitrogens is 2. The lowest BCUT2D eigenvalue weighted by atomic mass is 10.1. The van der Waals surface area contributed by atoms with Gasteiger partial charge >= 0.3 is 5.69 Å². The van der Waals surface area contributed by atoms with Gasteiger partial charge < -0.3 is 20.6 Å². The first-order chi connectivity index (χ1) is 15.4. The summed E-state index contributed by atoms with van der Waals surface area (Å²) in [6, 6.07) is 5.29. The van der Waals surface area contributed by atoms with Crippen LogP contribution in [0.1, 0.15) is 28.8 Å². The summed E-state index contributed by atoms with van der Waals surface area (Å²) in [6.45, 7) is 5.80. The van der Waals surface area contributed by atoms with Crippen LogP contribution < -0.4 is 16.8 Å². The lowest BCUT2D eigenvalue weighted by Gasteiger charge is -2.32. The molecule has 1 aromatic heterocycles. The number of carbonyl (C=O) groups excluding carboxylic acids is 1. The quantitative estimate of drug-likeness (QED) is 0.510. The molecule has 4 N–H and O–H groups in total. The van der Waals surface area contributed by atoms with Crippen molar-refractivity contribution in [1.82, 2.24) is 19.0 Å². The molecule has 0 spiro atoms. The highest BCUT2D eigenvalue weighted by molar-refractivity contribution is 7.99. The molecule has 0 bridgehead atoms. The van der Waals surface area contributed by atoms with E-state index in [-0.39, 0.29) is 11.6 Å². The number of fused-ring (bicyclic) bond motifs is 1. The Hall–Kier alpha value is -2.69. The maximum Gasteiger partial charge on any atom is 0.349 e. The van der Waals surface area contributed by atoms with Gasteiger partial charge in [-0.05, 0) is 50.7 Å². The number of thioether (sulfide) groups is 1. The second-order valence-corrected chi connectivity index (χ2v) is 9.32. The summed E-state index contributed by atoms with van der Waals surface area (Å²) < 4.78 is 2.67. The maximum atomic E-state index is 12.9. The van der Waals surface area contributed by atoms with Crippen LogP contribution in [0.4, 0.5) is 0 Å². The average molecular weight is 459 g/mol. The van der Waals surface area contributed by atoms with E-state index < -0.39 is 5.91 Å². The van der Waals surface area contributed by atoms with Gasteiger partial charge in [0.15, 0.2) is 0 Å². The minimum atomic E-state index is -0.500. The molecule has 9 nitrogen and oxygen atoms in total. The van der Waals surface area contributed by atoms with Crippen LogP contribution in [0.25, 0.3) is 5.70 Å². The Kier molecular flexibility index (Phi) is 6.92. The third-order valence-corrected chi connectivity index (χ3v) is 6.98. The minimum absolute atomic E-state index is 0.0704. The van der Waals surface area contributed by atoms with Gasteiger partial charge in [-0.25, -0.2) is 9.47 Å². The fourth-order valence-electron chi connectivity index (χ4n) is 4.02. The molecule has 1 saturated heterocycles. The Balaban J connectivity index is 1.39. The molecular formula is C22H30N6O3S. The number of piperazine rings is 1. The topological polar surface area (TPSA) is 109 Å². The van der Waals surface area contributed by atoms with Gasteiger partial charge in [0, 0.05) is 54.5 Å². The average Bonchev–Trinajstić information content (AvgIpc) is 3.05. The van der Waals surface area contributed by atoms with E-state index in [1.807, 2.05) is 12.1 Å². The van der Waals surface area contributed by atoms with Crippen molar-refractivity contribution in [3.63, 3.8) is 0 Å². The summed E-state index contributed by atoms with van der Waals surface area (Å²) in [5.74, 6) is 0.165. The fraction of sp³-hybridized carbons (Fsp3) is 0.455. The number of amides is 1. The molecule has 4 rings (SSSR count). The van der Waals surface area contributed by atoms with E-state index in [1.165, 1.54) is 15.4 Å². The predicted octanol–water partition coefficient (Wildman–Crippen LogP) is 1.17. The molecule has 0 saturated carbocycles. The van der Waals surface area contributed by atoms with Gasteiger partial charge in [0.25, 0.3) is 0 Å². The molecule has 0 unspecified atom stereocenters. The molecule has 1 aromatic carbocycles. The van der Waals surface area contributed by atoms with Crippen LogP contribution in [0.3, 0.4) is 0 Å². The summed E-state index contributed by atoms with van der Waals surface area (Å²) >= 11 is 1.64. The number of carbonyl (C=O) groups is 1. The van der Waals surface area contributed by atoms with Crippen molar-refractivity contribution in [3.05, 3.63) is 52.1 Å². The molecule has 32 heavy (non-hydrogen) atoms. The molecule has 1 fully saturated rings. The van der Waals surface area contributed by atoms with E-state index in [1.54, 1.807) is 23.9 Å². The van der Waals surface area contributed by atoms with Crippen molar-refractivity contribution >= 4 is 23.4 Å². The molecule has 2 aliphatic heterocycles. The van der Waals surface area contributed by atoms with E-state index in [2.05, 4.69) is 22.3 Å². The van der Waals surface area contributed by atoms with Crippen LogP contribution in [0.15, 0.2) is 40.2 Å². The first-order valence-corrected chi connectivity index (χ1v) is 11.9. The van der Waals surface area contributed by atoms with Gasteiger partial charge in [-0.2, -0.15) is 0 Å². The Morgan fingerprint density at radius 3 is 2.69 bits per heavy atom. The molecule has 10 heteroatoms. The van der Waals surface area contributed by atoms with Crippen LogP contribution in [-0.2, 0) is 6.54 Å². The van der Waals surface area contributed by atoms with Crippen LogP contribution in [0, 0.1) is 0 Å². The number of nitrogens with zero attached hydrogens (tertiary/aromatic N) is 4. The van der Waals surface area contributed by atoms with E-state index in [0.717, 1.165) is 61.8 Å². The molecule has 2 aliphatic rings. The van der Waals surface area contributed by atoms with Crippen LogP contribution >= 0.6 is 11.8 Å². The maximum absolute atomic E-state index is 12.9. The van der Waals surface area contributed by atoms with Crippen molar-refractivity contribution in [3.8, 4) is 5.88 Å². The van der Waals surface area contributed by atoms with Crippen LogP contribution in [-0.4, -0.2) is 75.6 Å². The van der Waals surface area contributed by atoms with Gasteiger partial charge in [0.05, 0.1) is 11.9 Å². The Morgan fingerprint density at radius 1 is 1.19 bits per heavy atom. The number of nitrogens with one attached hydrogen (secondary N) is 1. The minimum Gasteiger partial charge on any atom is -0.493 e. The Bertz CT molecular complexity index is 1070. The Morgan fingerprint density at radius 2 is 1.94 bits per heavy atom. The first-order valence-electron chi connectivity index (χ1n) is 10.9. The monoisotopic (exact) mass is 458 g/mol. The second-order valence-electron chi connectivity index (χ2n) is 8.26. The highest BCUT2D eigenvalue weighted by Crippen LogP contribution is 2.33. The summed E-state index contributed by atoms with van der Waals surface area (Å²) in [4.78, 5) is 30.2. The molecule has 0 atom stereocenters. The number of primary amides is 1. The van der Waals surface area contributed by atoms with Crippen molar-refractivity contribution in [1.29, 1.82) is 0 Å². The lowest BCUT2D eigenvalue weighted by Crippen LogP contribution is -2.44. The summed E-state index contributed by atoms with van der Waals surface area (Å²) in [6.07, 6.45) is 5.13. The number of unbranched alkanes of at least 4 members (excludes halogenated alkanes) is 1. The van der Waals surface area contributed by atoms with Gasteiger partial charge in [0.2, 0.25) is 11.8 Å². The molecule has 0 aliphatic carbocycles. The third kappa shape index (κ3) is 5.03. The van der Waals surface area contributed by atoms with Gasteiger partial charge in [-0.3, -0.25) is 14.8 Å². The summed E-state index contributed by atoms with van der Waals surface area (Å²) in [5.41, 5.74) is 10.1. The van der Waals surface area contributed by atoms with Crippen LogP contribution in [0.5, 0.6) is 5.88 Å². The zero-order valence-corrected chi connectivity index (χ0v) is 19.1. The van der Waals surface area contributed by atoms with E-state index in [0.29, 0.717) is 17.8 Å². The number of aromatic hydroxyl groups is 1. The number of hydrogen-bond donors (Lipinski definition) is 3. The molecule has 0 radical (unpaired) electrons. The van der Waals surface area contributed by atoms with Crippen molar-refractivity contribution < 1.29 is 9.90 Å². The van der Waals surface area contributed by atoms with Crippen molar-refractivity contribution in [2.75, 3.05) is 51.0 Å². The summed E-state index contributed by atoms with van der Waals surface area (Å²) in [5, 5.41) is 10.3. The highest BCUT2D eigenvalue weighted by Gasteiger charge is 2.18. The fourth-order valence-corrected chi connectivity index (χ4v) is 4.93. The SMILES string of the molecule is CN1CCN(CCCCn2c(O)cn(NC3=CCSc4ccc(C(N)=O)cc43)c2=O)CC1. The van der Waals surface area contributed by atoms with Crippen LogP contribution in [0.2, 0.25) is 0 Å². The molecular weight excluding hydrogens is 428 g/mol. The highest BCUT2D eigenvalue weighted by atomic mass is 32.2. The third-order valence-electron chi connectivity index (χ3n) is 5.98. The Labute approximate surface area is 191 Å². The first kappa shape index (κ1) is 22.5.